The number of para-hydroxylation sites is 2. The van der Waals surface area contributed by atoms with Gasteiger partial charge in [-0.2, -0.15) is 0 Å². The highest BCUT2D eigenvalue weighted by atomic mass is 16.5. The molecule has 0 aliphatic carbocycles. The molecular formula is C22H27N3O2. The summed E-state index contributed by atoms with van der Waals surface area (Å²) >= 11 is 0. The summed E-state index contributed by atoms with van der Waals surface area (Å²) in [4.78, 5) is 16.9. The van der Waals surface area contributed by atoms with Crippen molar-refractivity contribution in [2.75, 3.05) is 44.7 Å². The number of amides is 1. The number of nitrogens with one attached hydrogen (secondary N) is 1. The number of ether oxygens (including phenoxy) is 1. The van der Waals surface area contributed by atoms with Gasteiger partial charge >= 0.3 is 0 Å². The summed E-state index contributed by atoms with van der Waals surface area (Å²) in [5.74, 6) is 0.863. The number of anilines is 1. The largest absolute Gasteiger partial charge is 0.495 e. The average Bonchev–Trinajstić information content (AvgIpc) is 2.72. The SMILES string of the molecule is C=CCNC(=O)c1cccc(CN2CCN(c3ccccc3OC)CC2)c1. The van der Waals surface area contributed by atoms with E-state index in [1.165, 1.54) is 0 Å². The topological polar surface area (TPSA) is 44.8 Å². The van der Waals surface area contributed by atoms with Crippen LogP contribution in [0.4, 0.5) is 5.69 Å². The zero-order valence-electron chi connectivity index (χ0n) is 15.9. The molecule has 2 aromatic rings. The number of hydrogen-bond donors (Lipinski definition) is 1. The number of carbonyl (C=O) groups is 1. The van der Waals surface area contributed by atoms with Gasteiger partial charge in [0, 0.05) is 44.8 Å². The Morgan fingerprint density at radius 1 is 1.15 bits per heavy atom. The molecule has 0 radical (unpaired) electrons. The second kappa shape index (κ2) is 9.24. The highest BCUT2D eigenvalue weighted by Gasteiger charge is 2.19. The second-order valence-electron chi connectivity index (χ2n) is 6.63. The molecule has 0 spiro atoms. The Hall–Kier alpha value is -2.79. The maximum atomic E-state index is 12.1. The van der Waals surface area contributed by atoms with Crippen LogP contribution in [-0.2, 0) is 6.54 Å². The first-order valence-corrected chi connectivity index (χ1v) is 9.29. The lowest BCUT2D eigenvalue weighted by molar-refractivity contribution is 0.0958. The molecule has 1 aliphatic heterocycles. The molecule has 1 saturated heterocycles. The first-order valence-electron chi connectivity index (χ1n) is 9.29. The summed E-state index contributed by atoms with van der Waals surface area (Å²) in [5, 5.41) is 2.83. The highest BCUT2D eigenvalue weighted by Crippen LogP contribution is 2.28. The molecule has 27 heavy (non-hydrogen) atoms. The molecule has 0 bridgehead atoms. The molecule has 1 aliphatic rings. The van der Waals surface area contributed by atoms with Gasteiger partial charge in [-0.05, 0) is 29.8 Å². The number of benzene rings is 2. The van der Waals surface area contributed by atoms with E-state index in [1.807, 2.05) is 36.4 Å². The molecule has 142 valence electrons. The third kappa shape index (κ3) is 4.89. The van der Waals surface area contributed by atoms with E-state index < -0.39 is 0 Å². The third-order valence-electron chi connectivity index (χ3n) is 4.80. The first kappa shape index (κ1) is 19.0. The van der Waals surface area contributed by atoms with Gasteiger partial charge in [0.05, 0.1) is 12.8 Å². The molecule has 1 amide bonds. The Kier molecular flexibility index (Phi) is 6.49. The van der Waals surface area contributed by atoms with Gasteiger partial charge in [-0.25, -0.2) is 0 Å². The number of methoxy groups -OCH3 is 1. The number of hydrogen-bond acceptors (Lipinski definition) is 4. The van der Waals surface area contributed by atoms with E-state index in [2.05, 4.69) is 33.8 Å². The molecule has 0 aromatic heterocycles. The molecule has 1 heterocycles. The fraction of sp³-hybridized carbons (Fsp3) is 0.318. The maximum absolute atomic E-state index is 12.1. The molecule has 5 heteroatoms. The van der Waals surface area contributed by atoms with E-state index in [9.17, 15) is 4.79 Å². The van der Waals surface area contributed by atoms with Crippen LogP contribution >= 0.6 is 0 Å². The van der Waals surface area contributed by atoms with Crippen molar-refractivity contribution in [3.8, 4) is 5.75 Å². The van der Waals surface area contributed by atoms with Crippen LogP contribution < -0.4 is 15.0 Å². The van der Waals surface area contributed by atoms with Crippen LogP contribution in [0.25, 0.3) is 0 Å². The van der Waals surface area contributed by atoms with Crippen LogP contribution in [0.1, 0.15) is 15.9 Å². The van der Waals surface area contributed by atoms with Gasteiger partial charge < -0.3 is 15.0 Å². The quantitative estimate of drug-likeness (QED) is 0.767. The zero-order chi connectivity index (χ0) is 19.1. The first-order chi connectivity index (χ1) is 13.2. The van der Waals surface area contributed by atoms with Crippen molar-refractivity contribution in [3.63, 3.8) is 0 Å². The number of carbonyl (C=O) groups excluding carboxylic acids is 1. The summed E-state index contributed by atoms with van der Waals surface area (Å²) in [6.07, 6.45) is 1.68. The maximum Gasteiger partial charge on any atom is 0.251 e. The van der Waals surface area contributed by atoms with E-state index in [0.29, 0.717) is 12.1 Å². The predicted molar refractivity (Wildman–Crippen MR) is 109 cm³/mol. The van der Waals surface area contributed by atoms with Gasteiger partial charge in [-0.15, -0.1) is 6.58 Å². The molecular weight excluding hydrogens is 338 g/mol. The summed E-state index contributed by atoms with van der Waals surface area (Å²) in [6, 6.07) is 16.0. The second-order valence-corrected chi connectivity index (χ2v) is 6.63. The van der Waals surface area contributed by atoms with Crippen molar-refractivity contribution < 1.29 is 9.53 Å². The van der Waals surface area contributed by atoms with Crippen LogP contribution in [0.15, 0.2) is 61.2 Å². The third-order valence-corrected chi connectivity index (χ3v) is 4.80. The Balaban J connectivity index is 1.58. The van der Waals surface area contributed by atoms with E-state index in [4.69, 9.17) is 4.74 Å². The zero-order valence-corrected chi connectivity index (χ0v) is 15.9. The smallest absolute Gasteiger partial charge is 0.251 e. The molecule has 1 N–H and O–H groups in total. The fourth-order valence-electron chi connectivity index (χ4n) is 3.37. The van der Waals surface area contributed by atoms with E-state index in [1.54, 1.807) is 13.2 Å². The van der Waals surface area contributed by atoms with Crippen LogP contribution in [0.3, 0.4) is 0 Å². The van der Waals surface area contributed by atoms with E-state index in [-0.39, 0.29) is 5.91 Å². The van der Waals surface area contributed by atoms with Crippen molar-refractivity contribution in [3.05, 3.63) is 72.3 Å². The Labute approximate surface area is 161 Å². The summed E-state index contributed by atoms with van der Waals surface area (Å²) < 4.78 is 5.49. The standard InChI is InChI=1S/C22H27N3O2/c1-3-11-23-22(26)19-8-6-7-18(16-19)17-24-12-14-25(15-13-24)20-9-4-5-10-21(20)27-2/h3-10,16H,1,11-15,17H2,2H3,(H,23,26). The van der Waals surface area contributed by atoms with Gasteiger partial charge in [0.25, 0.3) is 5.91 Å². The normalized spacial score (nSPS) is 14.6. The Bertz CT molecular complexity index is 783. The number of rotatable bonds is 7. The molecule has 5 nitrogen and oxygen atoms in total. The summed E-state index contributed by atoms with van der Waals surface area (Å²) in [7, 11) is 1.72. The van der Waals surface area contributed by atoms with Crippen molar-refractivity contribution in [2.45, 2.75) is 6.54 Å². The van der Waals surface area contributed by atoms with Crippen molar-refractivity contribution in [1.29, 1.82) is 0 Å². The van der Waals surface area contributed by atoms with Crippen LogP contribution in [0.5, 0.6) is 5.75 Å². The Morgan fingerprint density at radius 3 is 2.67 bits per heavy atom. The lowest BCUT2D eigenvalue weighted by Crippen LogP contribution is -2.46. The lowest BCUT2D eigenvalue weighted by atomic mass is 10.1. The van der Waals surface area contributed by atoms with E-state index in [0.717, 1.165) is 49.7 Å². The van der Waals surface area contributed by atoms with Gasteiger partial charge in [0.15, 0.2) is 0 Å². The summed E-state index contributed by atoms with van der Waals surface area (Å²) in [6.45, 7) is 8.83. The van der Waals surface area contributed by atoms with Crippen molar-refractivity contribution in [2.24, 2.45) is 0 Å². The Morgan fingerprint density at radius 2 is 1.93 bits per heavy atom. The molecule has 3 rings (SSSR count). The fourth-order valence-corrected chi connectivity index (χ4v) is 3.37. The monoisotopic (exact) mass is 365 g/mol. The average molecular weight is 365 g/mol. The van der Waals surface area contributed by atoms with Crippen LogP contribution in [0.2, 0.25) is 0 Å². The van der Waals surface area contributed by atoms with Crippen molar-refractivity contribution >= 4 is 11.6 Å². The predicted octanol–water partition coefficient (Wildman–Crippen LogP) is 2.93. The minimum absolute atomic E-state index is 0.0576. The highest BCUT2D eigenvalue weighted by molar-refractivity contribution is 5.94. The minimum Gasteiger partial charge on any atom is -0.495 e. The summed E-state index contributed by atoms with van der Waals surface area (Å²) in [5.41, 5.74) is 3.01. The molecule has 1 fully saturated rings. The molecule has 0 saturated carbocycles. The van der Waals surface area contributed by atoms with Gasteiger partial charge in [0.2, 0.25) is 0 Å². The van der Waals surface area contributed by atoms with Crippen molar-refractivity contribution in [1.82, 2.24) is 10.2 Å². The number of piperazine rings is 1. The number of nitrogens with zero attached hydrogens (tertiary/aromatic N) is 2. The van der Waals surface area contributed by atoms with Gasteiger partial charge in [-0.1, -0.05) is 30.3 Å². The molecule has 0 unspecified atom stereocenters. The van der Waals surface area contributed by atoms with E-state index >= 15 is 0 Å². The molecule has 2 aromatic carbocycles. The van der Waals surface area contributed by atoms with Gasteiger partial charge in [-0.3, -0.25) is 9.69 Å². The van der Waals surface area contributed by atoms with Crippen LogP contribution in [0, 0.1) is 0 Å². The van der Waals surface area contributed by atoms with Crippen LogP contribution in [-0.4, -0.2) is 50.6 Å². The lowest BCUT2D eigenvalue weighted by Gasteiger charge is -2.36. The minimum atomic E-state index is -0.0576. The molecule has 0 atom stereocenters. The van der Waals surface area contributed by atoms with Gasteiger partial charge in [0.1, 0.15) is 5.75 Å².